The van der Waals surface area contributed by atoms with Crippen molar-refractivity contribution in [1.29, 1.82) is 0 Å². The van der Waals surface area contributed by atoms with Crippen LogP contribution in [0.4, 0.5) is 0 Å². The van der Waals surface area contributed by atoms with Crippen LogP contribution in [0, 0.1) is 0 Å². The second-order valence-electron chi connectivity index (χ2n) is 3.31. The van der Waals surface area contributed by atoms with Crippen molar-refractivity contribution in [3.8, 4) is 0 Å². The topological polar surface area (TPSA) is 17.8 Å². The summed E-state index contributed by atoms with van der Waals surface area (Å²) in [5.74, 6) is 0.569. The van der Waals surface area contributed by atoms with E-state index in [1.807, 2.05) is 6.20 Å². The average Bonchev–Trinajstić information content (AvgIpc) is 2.58. The van der Waals surface area contributed by atoms with Crippen LogP contribution in [0.25, 0.3) is 0 Å². The van der Waals surface area contributed by atoms with Crippen molar-refractivity contribution in [2.45, 2.75) is 45.5 Å². The van der Waals surface area contributed by atoms with Crippen molar-refractivity contribution in [1.82, 2.24) is 9.78 Å². The summed E-state index contributed by atoms with van der Waals surface area (Å²) in [5, 5.41) is 4.36. The summed E-state index contributed by atoms with van der Waals surface area (Å²) in [6, 6.07) is 0.479. The van der Waals surface area contributed by atoms with Crippen molar-refractivity contribution in [2.75, 3.05) is 0 Å². The van der Waals surface area contributed by atoms with Gasteiger partial charge in [-0.1, -0.05) is 13.8 Å². The molecule has 1 atom stereocenters. The summed E-state index contributed by atoms with van der Waals surface area (Å²) < 4.78 is 2.09. The molecule has 1 rings (SSSR count). The highest BCUT2D eigenvalue weighted by atomic mass is 35.5. The van der Waals surface area contributed by atoms with Crippen molar-refractivity contribution < 1.29 is 0 Å². The fraction of sp³-hybridized carbons (Fsp3) is 0.700. The summed E-state index contributed by atoms with van der Waals surface area (Å²) in [5.41, 5.74) is 2.45. The summed E-state index contributed by atoms with van der Waals surface area (Å²) in [4.78, 5) is 0. The third-order valence-corrected chi connectivity index (χ3v) is 2.76. The highest BCUT2D eigenvalue weighted by molar-refractivity contribution is 6.17. The lowest BCUT2D eigenvalue weighted by Crippen LogP contribution is -2.09. The first kappa shape index (κ1) is 10.6. The molecule has 0 aromatic carbocycles. The molecule has 0 aliphatic rings. The van der Waals surface area contributed by atoms with Gasteiger partial charge in [-0.3, -0.25) is 4.68 Å². The van der Waals surface area contributed by atoms with E-state index in [1.165, 1.54) is 11.3 Å². The molecule has 1 unspecified atom stereocenters. The molecule has 3 heteroatoms. The number of rotatable bonds is 4. The molecular weight excluding hydrogens is 184 g/mol. The molecule has 1 heterocycles. The Morgan fingerprint density at radius 1 is 1.54 bits per heavy atom. The highest BCUT2D eigenvalue weighted by Crippen LogP contribution is 2.18. The molecular formula is C10H17ClN2. The van der Waals surface area contributed by atoms with Crippen LogP contribution in [0.5, 0.6) is 0 Å². The molecule has 0 N–H and O–H groups in total. The summed E-state index contributed by atoms with van der Waals surface area (Å²) in [6.07, 6.45) is 4.00. The van der Waals surface area contributed by atoms with Gasteiger partial charge in [-0.15, -0.1) is 11.6 Å². The van der Waals surface area contributed by atoms with E-state index < -0.39 is 0 Å². The van der Waals surface area contributed by atoms with E-state index in [1.54, 1.807) is 0 Å². The predicted octanol–water partition coefficient (Wildman–Crippen LogP) is 3.16. The first-order valence-electron chi connectivity index (χ1n) is 4.85. The van der Waals surface area contributed by atoms with Crippen molar-refractivity contribution in [3.05, 3.63) is 17.5 Å². The molecule has 0 fully saturated rings. The number of nitrogens with zero attached hydrogens (tertiary/aromatic N) is 2. The Bertz CT molecular complexity index is 268. The van der Waals surface area contributed by atoms with E-state index >= 15 is 0 Å². The molecule has 0 radical (unpaired) electrons. The summed E-state index contributed by atoms with van der Waals surface area (Å²) in [7, 11) is 0. The van der Waals surface area contributed by atoms with E-state index in [9.17, 15) is 0 Å². The van der Waals surface area contributed by atoms with Crippen LogP contribution in [-0.4, -0.2) is 9.78 Å². The average molecular weight is 201 g/mol. The monoisotopic (exact) mass is 200 g/mol. The number of alkyl halides is 1. The van der Waals surface area contributed by atoms with Gasteiger partial charge in [-0.05, 0) is 19.8 Å². The molecule has 1 aromatic heterocycles. The van der Waals surface area contributed by atoms with E-state index in [2.05, 4.69) is 30.6 Å². The maximum absolute atomic E-state index is 5.82. The molecule has 1 aromatic rings. The van der Waals surface area contributed by atoms with Crippen LogP contribution in [0.1, 0.15) is 44.5 Å². The summed E-state index contributed by atoms with van der Waals surface area (Å²) in [6.45, 7) is 6.50. The molecule has 74 valence electrons. The van der Waals surface area contributed by atoms with Crippen LogP contribution >= 0.6 is 11.6 Å². The van der Waals surface area contributed by atoms with Gasteiger partial charge in [-0.2, -0.15) is 5.10 Å². The van der Waals surface area contributed by atoms with Crippen LogP contribution in [0.3, 0.4) is 0 Å². The molecule has 0 aliphatic heterocycles. The minimum atomic E-state index is 0.479. The second-order valence-corrected chi connectivity index (χ2v) is 3.57. The van der Waals surface area contributed by atoms with Gasteiger partial charge in [0.1, 0.15) is 0 Å². The van der Waals surface area contributed by atoms with Crippen LogP contribution in [0.15, 0.2) is 6.20 Å². The molecule has 0 amide bonds. The van der Waals surface area contributed by atoms with Gasteiger partial charge in [0.15, 0.2) is 0 Å². The Labute approximate surface area is 84.9 Å². The van der Waals surface area contributed by atoms with Crippen LogP contribution in [-0.2, 0) is 12.3 Å². The zero-order valence-electron chi connectivity index (χ0n) is 8.55. The summed E-state index contributed by atoms with van der Waals surface area (Å²) >= 11 is 5.82. The van der Waals surface area contributed by atoms with Crippen molar-refractivity contribution in [2.24, 2.45) is 0 Å². The SMILES string of the molecule is CCc1c(CCl)cnn1C(C)CC. The van der Waals surface area contributed by atoms with Gasteiger partial charge < -0.3 is 0 Å². The molecule has 0 saturated carbocycles. The lowest BCUT2D eigenvalue weighted by Gasteiger charge is -2.13. The first-order chi connectivity index (χ1) is 6.24. The largest absolute Gasteiger partial charge is 0.267 e. The van der Waals surface area contributed by atoms with Crippen molar-refractivity contribution in [3.63, 3.8) is 0 Å². The number of aromatic nitrogens is 2. The Balaban J connectivity index is 3.00. The van der Waals surface area contributed by atoms with Gasteiger partial charge in [0.2, 0.25) is 0 Å². The lowest BCUT2D eigenvalue weighted by atomic mass is 10.2. The molecule has 0 saturated heterocycles. The molecule has 0 aliphatic carbocycles. The predicted molar refractivity (Wildman–Crippen MR) is 56.2 cm³/mol. The van der Waals surface area contributed by atoms with E-state index in [0.29, 0.717) is 11.9 Å². The fourth-order valence-electron chi connectivity index (χ4n) is 1.48. The van der Waals surface area contributed by atoms with Gasteiger partial charge in [0.25, 0.3) is 0 Å². The lowest BCUT2D eigenvalue weighted by molar-refractivity contribution is 0.461. The van der Waals surface area contributed by atoms with Gasteiger partial charge in [0, 0.05) is 17.3 Å². The number of hydrogen-bond donors (Lipinski definition) is 0. The Kier molecular flexibility index (Phi) is 3.79. The normalized spacial score (nSPS) is 13.2. The zero-order valence-corrected chi connectivity index (χ0v) is 9.30. The highest BCUT2D eigenvalue weighted by Gasteiger charge is 2.11. The zero-order chi connectivity index (χ0) is 9.84. The van der Waals surface area contributed by atoms with Gasteiger partial charge >= 0.3 is 0 Å². The Morgan fingerprint density at radius 3 is 2.69 bits per heavy atom. The first-order valence-corrected chi connectivity index (χ1v) is 5.39. The Morgan fingerprint density at radius 2 is 2.23 bits per heavy atom. The van der Waals surface area contributed by atoms with Crippen molar-refractivity contribution >= 4 is 11.6 Å². The smallest absolute Gasteiger partial charge is 0.0536 e. The van der Waals surface area contributed by atoms with Gasteiger partial charge in [-0.25, -0.2) is 0 Å². The van der Waals surface area contributed by atoms with Gasteiger partial charge in [0.05, 0.1) is 12.1 Å². The molecule has 0 bridgehead atoms. The van der Waals surface area contributed by atoms with E-state index in [-0.39, 0.29) is 0 Å². The Hall–Kier alpha value is -0.500. The minimum Gasteiger partial charge on any atom is -0.267 e. The van der Waals surface area contributed by atoms with E-state index in [0.717, 1.165) is 12.8 Å². The maximum atomic E-state index is 5.82. The minimum absolute atomic E-state index is 0.479. The van der Waals surface area contributed by atoms with Crippen LogP contribution in [0.2, 0.25) is 0 Å². The number of halogens is 1. The standard InChI is InChI=1S/C10H17ClN2/c1-4-8(3)13-10(5-2)9(6-11)7-12-13/h7-8H,4-6H2,1-3H3. The fourth-order valence-corrected chi connectivity index (χ4v) is 1.70. The second kappa shape index (κ2) is 4.66. The van der Waals surface area contributed by atoms with Crippen LogP contribution < -0.4 is 0 Å². The van der Waals surface area contributed by atoms with E-state index in [4.69, 9.17) is 11.6 Å². The maximum Gasteiger partial charge on any atom is 0.0536 e. The number of hydrogen-bond acceptors (Lipinski definition) is 1. The quantitative estimate of drug-likeness (QED) is 0.683. The molecule has 13 heavy (non-hydrogen) atoms. The molecule has 2 nitrogen and oxygen atoms in total. The third kappa shape index (κ3) is 2.05. The third-order valence-electron chi connectivity index (χ3n) is 2.47. The molecule has 0 spiro atoms.